The van der Waals surface area contributed by atoms with Crippen LogP contribution in [0.5, 0.6) is 0 Å². The van der Waals surface area contributed by atoms with Gasteiger partial charge in [0.05, 0.1) is 17.7 Å². The van der Waals surface area contributed by atoms with Crippen molar-refractivity contribution in [3.05, 3.63) is 43.7 Å². The minimum atomic E-state index is -4.14. The van der Waals surface area contributed by atoms with E-state index in [2.05, 4.69) is 0 Å². The van der Waals surface area contributed by atoms with Gasteiger partial charge in [0.15, 0.2) is 20.1 Å². The molecule has 0 amide bonds. The van der Waals surface area contributed by atoms with Crippen molar-refractivity contribution in [1.82, 2.24) is 9.13 Å². The maximum absolute atomic E-state index is 13.2. The molecule has 4 rings (SSSR count). The average Bonchev–Trinajstić information content (AvgIpc) is 3.48. The van der Waals surface area contributed by atoms with E-state index in [4.69, 9.17) is 23.8 Å². The molecule has 2 fully saturated rings. The number of hydrogen-bond acceptors (Lipinski definition) is 9. The number of ether oxygens (including phenoxy) is 2. The van der Waals surface area contributed by atoms with E-state index in [1.54, 1.807) is 6.92 Å². The predicted octanol–water partition coefficient (Wildman–Crippen LogP) is 1.47. The highest BCUT2D eigenvalue weighted by atomic mass is 32.2. The summed E-state index contributed by atoms with van der Waals surface area (Å²) in [6, 6.07) is 0. The lowest BCUT2D eigenvalue weighted by Gasteiger charge is -2.43. The molecule has 0 aromatic carbocycles. The fraction of sp³-hybridized carbons (Fsp3) is 0.739. The van der Waals surface area contributed by atoms with Gasteiger partial charge in [-0.05, 0) is 43.8 Å². The molecule has 2 aliphatic heterocycles. The van der Waals surface area contributed by atoms with E-state index >= 15 is 0 Å². The van der Waals surface area contributed by atoms with Gasteiger partial charge in [-0.3, -0.25) is 13.9 Å². The van der Waals surface area contributed by atoms with Crippen molar-refractivity contribution in [3.63, 3.8) is 0 Å². The molecule has 1 saturated heterocycles. The molecular formula is C23H37N3O8SSi. The minimum Gasteiger partial charge on any atom is -0.406 e. The predicted molar refractivity (Wildman–Crippen MR) is 135 cm³/mol. The Hall–Kier alpha value is -1.77. The van der Waals surface area contributed by atoms with Crippen molar-refractivity contribution in [2.45, 2.75) is 82.7 Å². The number of rotatable bonds is 7. The third kappa shape index (κ3) is 4.65. The van der Waals surface area contributed by atoms with Gasteiger partial charge in [-0.2, -0.15) is 8.42 Å². The van der Waals surface area contributed by atoms with Crippen LogP contribution in [0.25, 0.3) is 0 Å². The molecule has 3 aliphatic rings. The van der Waals surface area contributed by atoms with Crippen molar-refractivity contribution in [1.29, 1.82) is 0 Å². The smallest absolute Gasteiger partial charge is 0.332 e. The Morgan fingerprint density at radius 3 is 2.39 bits per heavy atom. The highest BCUT2D eigenvalue weighted by molar-refractivity contribution is 7.90. The van der Waals surface area contributed by atoms with Gasteiger partial charge in [0.1, 0.15) is 12.2 Å². The molecule has 1 spiro atoms. The van der Waals surface area contributed by atoms with Gasteiger partial charge >= 0.3 is 5.69 Å². The van der Waals surface area contributed by atoms with Gasteiger partial charge in [-0.15, -0.1) is 0 Å². The second-order valence-electron chi connectivity index (χ2n) is 11.6. The Morgan fingerprint density at radius 2 is 1.86 bits per heavy atom. The third-order valence-electron chi connectivity index (χ3n) is 7.74. The zero-order valence-electron chi connectivity index (χ0n) is 21.9. The van der Waals surface area contributed by atoms with E-state index in [9.17, 15) is 18.0 Å². The molecule has 3 heterocycles. The van der Waals surface area contributed by atoms with Gasteiger partial charge < -0.3 is 19.6 Å². The summed E-state index contributed by atoms with van der Waals surface area (Å²) < 4.78 is 52.3. The highest BCUT2D eigenvalue weighted by Gasteiger charge is 2.67. The normalized spacial score (nSPS) is 30.2. The summed E-state index contributed by atoms with van der Waals surface area (Å²) >= 11 is 0. The van der Waals surface area contributed by atoms with Crippen LogP contribution in [0.4, 0.5) is 0 Å². The number of aromatic nitrogens is 2. The van der Waals surface area contributed by atoms with Crippen molar-refractivity contribution in [2.75, 3.05) is 13.2 Å². The largest absolute Gasteiger partial charge is 0.406 e. The molecule has 11 nitrogen and oxygen atoms in total. The number of nitrogens with two attached hydrogens (primary N) is 1. The Bertz CT molecular complexity index is 1290. The zero-order valence-corrected chi connectivity index (χ0v) is 23.8. The molecule has 1 aromatic rings. The molecular weight excluding hydrogens is 506 g/mol. The fourth-order valence-corrected chi connectivity index (χ4v) is 6.87. The second kappa shape index (κ2) is 8.91. The summed E-state index contributed by atoms with van der Waals surface area (Å²) in [6.07, 6.45) is 0.366. The van der Waals surface area contributed by atoms with Crippen LogP contribution in [0.1, 0.15) is 45.4 Å². The monoisotopic (exact) mass is 543 g/mol. The van der Waals surface area contributed by atoms with Gasteiger partial charge in [-0.25, -0.2) is 8.98 Å². The molecule has 1 aromatic heterocycles. The van der Waals surface area contributed by atoms with Crippen LogP contribution >= 0.6 is 0 Å². The first-order valence-electron chi connectivity index (χ1n) is 12.1. The molecule has 36 heavy (non-hydrogen) atoms. The lowest BCUT2D eigenvalue weighted by molar-refractivity contribution is -0.0764. The summed E-state index contributed by atoms with van der Waals surface area (Å²) in [5.41, 5.74) is 3.84. The van der Waals surface area contributed by atoms with E-state index in [1.807, 2.05) is 33.9 Å². The van der Waals surface area contributed by atoms with Crippen LogP contribution in [0.2, 0.25) is 18.1 Å². The topological polar surface area (TPSA) is 141 Å². The first kappa shape index (κ1) is 27.3. The average molecular weight is 544 g/mol. The van der Waals surface area contributed by atoms with Gasteiger partial charge in [-0.1, -0.05) is 20.8 Å². The zero-order chi connectivity index (χ0) is 26.8. The molecule has 1 saturated carbocycles. The number of aryl methyl sites for hydroxylation is 1. The summed E-state index contributed by atoms with van der Waals surface area (Å²) in [5, 5.41) is 0.614. The van der Waals surface area contributed by atoms with Crippen molar-refractivity contribution in [2.24, 2.45) is 18.7 Å². The quantitative estimate of drug-likeness (QED) is 0.400. The highest BCUT2D eigenvalue weighted by Crippen LogP contribution is 2.51. The first-order chi connectivity index (χ1) is 16.5. The standard InChI is InChI=1S/C23H37N3O8SSi/c1-14-10-26(21(28)25(5)19(14)27)20-18(33-36(6,7)22(2,3)4)23(16(24)13-35(29,30)34-23)17(32-20)12-31-11-15-8-9-15/h10,13,15,17-18,20H,8-9,11-12,24H2,1-7H3/t17-,18+,20-,23-/m1/s1. The molecule has 4 atom stereocenters. The van der Waals surface area contributed by atoms with Crippen LogP contribution in [0.3, 0.4) is 0 Å². The lowest BCUT2D eigenvalue weighted by atomic mass is 9.89. The van der Waals surface area contributed by atoms with E-state index in [0.717, 1.165) is 22.8 Å². The van der Waals surface area contributed by atoms with Crippen LogP contribution in [-0.2, 0) is 35.2 Å². The Morgan fingerprint density at radius 1 is 1.22 bits per heavy atom. The van der Waals surface area contributed by atoms with Crippen LogP contribution in [0.15, 0.2) is 26.9 Å². The van der Waals surface area contributed by atoms with Crippen LogP contribution in [-0.4, -0.2) is 56.9 Å². The van der Waals surface area contributed by atoms with E-state index in [0.29, 0.717) is 18.1 Å². The molecule has 1 aliphatic carbocycles. The molecule has 0 radical (unpaired) electrons. The minimum absolute atomic E-state index is 0.00603. The van der Waals surface area contributed by atoms with Crippen LogP contribution in [0, 0.1) is 12.8 Å². The second-order valence-corrected chi connectivity index (χ2v) is 17.7. The van der Waals surface area contributed by atoms with E-state index < -0.39 is 53.7 Å². The number of nitrogens with zero attached hydrogens (tertiary/aromatic N) is 2. The van der Waals surface area contributed by atoms with Crippen molar-refractivity contribution in [3.8, 4) is 0 Å². The van der Waals surface area contributed by atoms with Gasteiger partial charge in [0, 0.05) is 25.4 Å². The molecule has 13 heteroatoms. The Labute approximate surface area is 212 Å². The molecule has 202 valence electrons. The lowest BCUT2D eigenvalue weighted by Crippen LogP contribution is -2.58. The number of hydrogen-bond donors (Lipinski definition) is 1. The Balaban J connectivity index is 1.87. The van der Waals surface area contributed by atoms with E-state index in [1.165, 1.54) is 17.8 Å². The molecule has 0 bridgehead atoms. The SMILES string of the molecule is Cc1cn([C@@H]2O[C@H](COCC3CC3)[C@@]3(OS(=O)(=O)C=C3N)[C@H]2O[Si](C)(C)C(C)(C)C)c(=O)n(C)c1=O. The molecule has 2 N–H and O–H groups in total. The first-order valence-corrected chi connectivity index (χ1v) is 16.5. The summed E-state index contributed by atoms with van der Waals surface area (Å²) in [5.74, 6) is 0.465. The van der Waals surface area contributed by atoms with Gasteiger partial charge in [0.25, 0.3) is 15.7 Å². The Kier molecular flexibility index (Phi) is 6.75. The third-order valence-corrected chi connectivity index (χ3v) is 13.3. The molecule has 0 unspecified atom stereocenters. The summed E-state index contributed by atoms with van der Waals surface area (Å²) in [4.78, 5) is 25.6. The van der Waals surface area contributed by atoms with Crippen molar-refractivity contribution >= 4 is 18.4 Å². The van der Waals surface area contributed by atoms with Crippen molar-refractivity contribution < 1.29 is 26.5 Å². The maximum atomic E-state index is 13.2. The summed E-state index contributed by atoms with van der Waals surface area (Å²) in [6.45, 7) is 12.2. The summed E-state index contributed by atoms with van der Waals surface area (Å²) in [7, 11) is -5.36. The van der Waals surface area contributed by atoms with E-state index in [-0.39, 0.29) is 17.3 Å². The maximum Gasteiger partial charge on any atom is 0.332 e. The van der Waals surface area contributed by atoms with Crippen LogP contribution < -0.4 is 17.0 Å². The fourth-order valence-electron chi connectivity index (χ4n) is 4.37. The van der Waals surface area contributed by atoms with Gasteiger partial charge in [0.2, 0.25) is 0 Å².